The first-order valence-electron chi connectivity index (χ1n) is 8.44. The summed E-state index contributed by atoms with van der Waals surface area (Å²) in [6, 6.07) is 5.77. The largest absolute Gasteiger partial charge is 0.481 e. The van der Waals surface area contributed by atoms with Crippen molar-refractivity contribution in [1.29, 1.82) is 0 Å². The highest BCUT2D eigenvalue weighted by atomic mass is 16.6. The lowest BCUT2D eigenvalue weighted by atomic mass is 10.2. The molecule has 0 unspecified atom stereocenters. The van der Waals surface area contributed by atoms with Gasteiger partial charge in [-0.1, -0.05) is 0 Å². The average molecular weight is 343 g/mol. The van der Waals surface area contributed by atoms with Gasteiger partial charge in [-0.3, -0.25) is 9.88 Å². The molecule has 0 saturated carbocycles. The maximum Gasteiger partial charge on any atom is 0.407 e. The van der Waals surface area contributed by atoms with E-state index in [1.54, 1.807) is 7.11 Å². The van der Waals surface area contributed by atoms with Crippen LogP contribution in [-0.4, -0.2) is 73.4 Å². The third-order valence-corrected chi connectivity index (χ3v) is 4.67. The fraction of sp³-hybridized carbons (Fsp3) is 0.471. The van der Waals surface area contributed by atoms with Crippen molar-refractivity contribution in [3.05, 3.63) is 24.4 Å². The molecule has 132 valence electrons. The van der Waals surface area contributed by atoms with Gasteiger partial charge >= 0.3 is 6.09 Å². The lowest BCUT2D eigenvalue weighted by Crippen LogP contribution is -2.49. The van der Waals surface area contributed by atoms with E-state index in [0.29, 0.717) is 12.4 Å². The van der Waals surface area contributed by atoms with Gasteiger partial charge in [-0.05, 0) is 12.1 Å². The van der Waals surface area contributed by atoms with Crippen LogP contribution in [0.3, 0.4) is 0 Å². The first kappa shape index (κ1) is 15.9. The van der Waals surface area contributed by atoms with Gasteiger partial charge in [0.15, 0.2) is 0 Å². The number of aromatic nitrogens is 2. The number of hydrogen-bond donors (Lipinski definition) is 1. The Morgan fingerprint density at radius 1 is 1.28 bits per heavy atom. The summed E-state index contributed by atoms with van der Waals surface area (Å²) in [6.07, 6.45) is 1.46. The zero-order valence-electron chi connectivity index (χ0n) is 14.1. The number of rotatable bonds is 4. The Bertz CT molecular complexity index is 776. The van der Waals surface area contributed by atoms with Crippen LogP contribution in [0.1, 0.15) is 0 Å². The third kappa shape index (κ3) is 3.30. The minimum Gasteiger partial charge on any atom is -0.481 e. The average Bonchev–Trinajstić information content (AvgIpc) is 3.06. The second-order valence-electron chi connectivity index (χ2n) is 6.25. The van der Waals surface area contributed by atoms with Crippen molar-refractivity contribution in [2.24, 2.45) is 0 Å². The van der Waals surface area contributed by atoms with E-state index in [2.05, 4.69) is 25.1 Å². The standard InChI is InChI=1S/C17H21N5O3/c1-24-15-3-2-13-16(20-15)14(4-5-18-13)22-8-6-21(7-9-22)11-12-10-19-17(23)25-12/h2-5,12H,6-11H2,1H3,(H,19,23)/t12-/m0/s1. The number of methoxy groups -OCH3 is 1. The molecule has 0 radical (unpaired) electrons. The van der Waals surface area contributed by atoms with Crippen molar-refractivity contribution >= 4 is 22.8 Å². The zero-order chi connectivity index (χ0) is 17.2. The van der Waals surface area contributed by atoms with E-state index in [4.69, 9.17) is 9.47 Å². The minimum atomic E-state index is -0.313. The van der Waals surface area contributed by atoms with Crippen molar-refractivity contribution in [3.8, 4) is 5.88 Å². The van der Waals surface area contributed by atoms with Crippen LogP contribution in [0.4, 0.5) is 10.5 Å². The van der Waals surface area contributed by atoms with Crippen LogP contribution in [0.2, 0.25) is 0 Å². The molecular formula is C17H21N5O3. The molecule has 0 aromatic carbocycles. The summed E-state index contributed by atoms with van der Waals surface area (Å²) in [5, 5.41) is 2.70. The number of anilines is 1. The summed E-state index contributed by atoms with van der Waals surface area (Å²) in [5.74, 6) is 0.593. The van der Waals surface area contributed by atoms with Crippen molar-refractivity contribution in [1.82, 2.24) is 20.2 Å². The number of carbonyl (C=O) groups excluding carboxylic acids is 1. The first-order chi connectivity index (χ1) is 12.2. The molecule has 2 aromatic rings. The maximum atomic E-state index is 11.1. The molecule has 2 saturated heterocycles. The molecule has 4 heterocycles. The van der Waals surface area contributed by atoms with Crippen LogP contribution in [0.5, 0.6) is 5.88 Å². The topological polar surface area (TPSA) is 79.8 Å². The van der Waals surface area contributed by atoms with Crippen LogP contribution in [0.25, 0.3) is 11.0 Å². The Labute approximate surface area is 145 Å². The van der Waals surface area contributed by atoms with Crippen LogP contribution >= 0.6 is 0 Å². The Kier molecular flexibility index (Phi) is 4.27. The van der Waals surface area contributed by atoms with E-state index in [1.807, 2.05) is 24.4 Å². The molecule has 1 atom stereocenters. The maximum absolute atomic E-state index is 11.1. The number of hydrogen-bond acceptors (Lipinski definition) is 7. The molecule has 8 heteroatoms. The van der Waals surface area contributed by atoms with Crippen LogP contribution in [-0.2, 0) is 4.74 Å². The van der Waals surface area contributed by atoms with Gasteiger partial charge in [-0.25, -0.2) is 9.78 Å². The fourth-order valence-electron chi connectivity index (χ4n) is 3.36. The molecule has 2 aliphatic rings. The number of fused-ring (bicyclic) bond motifs is 1. The van der Waals surface area contributed by atoms with Crippen LogP contribution in [0, 0.1) is 0 Å². The molecule has 1 amide bonds. The Hall–Kier alpha value is -2.61. The van der Waals surface area contributed by atoms with E-state index in [9.17, 15) is 4.79 Å². The van der Waals surface area contributed by atoms with Crippen LogP contribution in [0.15, 0.2) is 24.4 Å². The summed E-state index contributed by atoms with van der Waals surface area (Å²) in [5.41, 5.74) is 2.81. The van der Waals surface area contributed by atoms with Gasteiger partial charge in [0, 0.05) is 45.0 Å². The van der Waals surface area contributed by atoms with E-state index >= 15 is 0 Å². The molecule has 25 heavy (non-hydrogen) atoms. The number of piperazine rings is 1. The van der Waals surface area contributed by atoms with Crippen LogP contribution < -0.4 is 15.0 Å². The van der Waals surface area contributed by atoms with E-state index in [0.717, 1.165) is 49.4 Å². The summed E-state index contributed by atoms with van der Waals surface area (Å²) in [7, 11) is 1.62. The molecule has 0 aliphatic carbocycles. The number of alkyl carbamates (subject to hydrolysis) is 1. The molecule has 0 bridgehead atoms. The van der Waals surface area contributed by atoms with E-state index in [1.165, 1.54) is 0 Å². The Balaban J connectivity index is 1.45. The lowest BCUT2D eigenvalue weighted by Gasteiger charge is -2.36. The smallest absolute Gasteiger partial charge is 0.407 e. The SMILES string of the molecule is COc1ccc2nccc(N3CCN(C[C@@H]4CNC(=O)O4)CC3)c2n1. The number of nitrogens with one attached hydrogen (secondary N) is 1. The summed E-state index contributed by atoms with van der Waals surface area (Å²) >= 11 is 0. The van der Waals surface area contributed by atoms with Crippen molar-refractivity contribution in [2.45, 2.75) is 6.10 Å². The zero-order valence-corrected chi connectivity index (χ0v) is 14.1. The van der Waals surface area contributed by atoms with Gasteiger partial charge < -0.3 is 19.7 Å². The quantitative estimate of drug-likeness (QED) is 0.882. The highest BCUT2D eigenvalue weighted by Crippen LogP contribution is 2.26. The van der Waals surface area contributed by atoms with Gasteiger partial charge in [0.1, 0.15) is 11.6 Å². The van der Waals surface area contributed by atoms with E-state index in [-0.39, 0.29) is 12.2 Å². The predicted molar refractivity (Wildman–Crippen MR) is 93.0 cm³/mol. The molecule has 2 aliphatic heterocycles. The van der Waals surface area contributed by atoms with Crippen molar-refractivity contribution in [3.63, 3.8) is 0 Å². The minimum absolute atomic E-state index is 0.0493. The first-order valence-corrected chi connectivity index (χ1v) is 8.44. The number of carbonyl (C=O) groups is 1. The van der Waals surface area contributed by atoms with Crippen molar-refractivity contribution in [2.75, 3.05) is 51.3 Å². The lowest BCUT2D eigenvalue weighted by molar-refractivity contribution is 0.106. The molecular weight excluding hydrogens is 322 g/mol. The third-order valence-electron chi connectivity index (χ3n) is 4.67. The highest BCUT2D eigenvalue weighted by Gasteiger charge is 2.27. The predicted octanol–water partition coefficient (Wildman–Crippen LogP) is 0.869. The van der Waals surface area contributed by atoms with Gasteiger partial charge in [0.2, 0.25) is 5.88 Å². The summed E-state index contributed by atoms with van der Waals surface area (Å²) < 4.78 is 10.5. The number of nitrogens with zero attached hydrogens (tertiary/aromatic N) is 4. The molecule has 2 fully saturated rings. The number of amides is 1. The molecule has 8 nitrogen and oxygen atoms in total. The monoisotopic (exact) mass is 343 g/mol. The van der Waals surface area contributed by atoms with Gasteiger partial charge in [0.05, 0.1) is 24.9 Å². The Morgan fingerprint density at radius 2 is 2.12 bits per heavy atom. The molecule has 2 aromatic heterocycles. The van der Waals surface area contributed by atoms with Crippen molar-refractivity contribution < 1.29 is 14.3 Å². The highest BCUT2D eigenvalue weighted by molar-refractivity contribution is 5.88. The van der Waals surface area contributed by atoms with Gasteiger partial charge in [0.25, 0.3) is 0 Å². The fourth-order valence-corrected chi connectivity index (χ4v) is 3.36. The number of cyclic esters (lactones) is 1. The second-order valence-corrected chi connectivity index (χ2v) is 6.25. The number of ether oxygens (including phenoxy) is 2. The molecule has 1 N–H and O–H groups in total. The second kappa shape index (κ2) is 6.72. The Morgan fingerprint density at radius 3 is 2.84 bits per heavy atom. The molecule has 4 rings (SSSR count). The summed E-state index contributed by atoms with van der Waals surface area (Å²) in [4.78, 5) is 24.7. The number of pyridine rings is 2. The van der Waals surface area contributed by atoms with Gasteiger partial charge in [-0.15, -0.1) is 0 Å². The molecule has 0 spiro atoms. The van der Waals surface area contributed by atoms with E-state index < -0.39 is 0 Å². The normalized spacial score (nSPS) is 21.2. The summed E-state index contributed by atoms with van der Waals surface area (Å²) in [6.45, 7) is 5.00. The van der Waals surface area contributed by atoms with Gasteiger partial charge in [-0.2, -0.15) is 0 Å².